The lowest BCUT2D eigenvalue weighted by molar-refractivity contribution is -0.172. The molecule has 19 nitrogen and oxygen atoms in total. The van der Waals surface area contributed by atoms with Gasteiger partial charge in [0, 0.05) is 98.7 Å². The molecular weight excluding hydrogens is 1020 g/mol. The maximum Gasteiger partial charge on any atom is 0.419 e. The number of nitrogens with one attached hydrogen (secondary N) is 1. The van der Waals surface area contributed by atoms with Gasteiger partial charge in [0.15, 0.2) is 5.60 Å². The van der Waals surface area contributed by atoms with Crippen molar-refractivity contribution in [2.75, 3.05) is 51.2 Å². The van der Waals surface area contributed by atoms with E-state index in [0.29, 0.717) is 122 Å². The van der Waals surface area contributed by atoms with Crippen LogP contribution in [0.1, 0.15) is 79.7 Å². The van der Waals surface area contributed by atoms with Crippen LogP contribution >= 0.6 is 11.6 Å². The number of nitriles is 1. The first-order valence-electron chi connectivity index (χ1n) is 26.4. The highest BCUT2D eigenvalue weighted by Gasteiger charge is 2.45. The maximum atomic E-state index is 14.0. The van der Waals surface area contributed by atoms with Crippen molar-refractivity contribution in [3.8, 4) is 29.0 Å². The number of esters is 1. The summed E-state index contributed by atoms with van der Waals surface area (Å²) in [5.41, 5.74) is 9.00. The van der Waals surface area contributed by atoms with E-state index in [0.717, 1.165) is 29.4 Å². The molecule has 5 aliphatic rings. The van der Waals surface area contributed by atoms with Crippen LogP contribution in [0.15, 0.2) is 106 Å². The van der Waals surface area contributed by atoms with Crippen molar-refractivity contribution in [3.05, 3.63) is 140 Å². The Bertz CT molecular complexity index is 3370. The van der Waals surface area contributed by atoms with Crippen molar-refractivity contribution < 1.29 is 38.5 Å². The van der Waals surface area contributed by atoms with Gasteiger partial charge in [-0.3, -0.25) is 29.2 Å². The van der Waals surface area contributed by atoms with Crippen molar-refractivity contribution in [3.63, 3.8) is 0 Å². The lowest BCUT2D eigenvalue weighted by Gasteiger charge is -2.39. The summed E-state index contributed by atoms with van der Waals surface area (Å²) in [5, 5.41) is 24.7. The number of cyclic esters (lactones) is 1. The summed E-state index contributed by atoms with van der Waals surface area (Å²) >= 11 is 6.18. The number of hydrogen-bond acceptors (Lipinski definition) is 15. The van der Waals surface area contributed by atoms with Crippen molar-refractivity contribution in [2.45, 2.75) is 89.3 Å². The summed E-state index contributed by atoms with van der Waals surface area (Å²) in [7, 11) is 1.65. The van der Waals surface area contributed by atoms with Gasteiger partial charge in [-0.2, -0.15) is 5.26 Å². The summed E-state index contributed by atoms with van der Waals surface area (Å²) in [4.78, 5) is 84.4. The number of piperazine rings is 1. The smallest absolute Gasteiger partial charge is 0.419 e. The highest BCUT2D eigenvalue weighted by atomic mass is 35.5. The third-order valence-corrected chi connectivity index (χ3v) is 16.2. The first-order valence-corrected chi connectivity index (χ1v) is 26.7. The van der Waals surface area contributed by atoms with Gasteiger partial charge >= 0.3 is 12.1 Å². The lowest BCUT2D eigenvalue weighted by Crippen LogP contribution is -2.51. The molecule has 5 aromatic rings. The molecule has 10 rings (SSSR count). The molecule has 1 aliphatic carbocycles. The van der Waals surface area contributed by atoms with Gasteiger partial charge in [0.2, 0.25) is 5.91 Å². The van der Waals surface area contributed by atoms with Crippen LogP contribution in [0.2, 0.25) is 5.02 Å². The molecule has 404 valence electrons. The molecule has 0 unspecified atom stereocenters. The first-order chi connectivity index (χ1) is 37.7. The quantitative estimate of drug-likeness (QED) is 0.0486. The number of benzene rings is 3. The minimum absolute atomic E-state index is 0.0293. The highest BCUT2D eigenvalue weighted by Crippen LogP contribution is 2.41. The van der Waals surface area contributed by atoms with Crippen LogP contribution in [0.5, 0.6) is 11.5 Å². The molecule has 20 heteroatoms. The molecule has 2 saturated heterocycles. The Morgan fingerprint density at radius 2 is 1.73 bits per heavy atom. The minimum Gasteiger partial charge on any atom is -0.490 e. The number of likely N-dealkylation sites (tertiary alicyclic amines) is 1. The van der Waals surface area contributed by atoms with Crippen molar-refractivity contribution >= 4 is 58.8 Å². The summed E-state index contributed by atoms with van der Waals surface area (Å²) in [6.45, 7) is 8.86. The van der Waals surface area contributed by atoms with Crippen molar-refractivity contribution in [1.29, 1.82) is 5.26 Å². The number of hydrogen-bond donors (Lipinski definition) is 3. The number of halogens is 1. The number of piperidine rings is 1. The van der Waals surface area contributed by atoms with Gasteiger partial charge in [-0.25, -0.2) is 14.6 Å². The molecular formula is C58H61ClN10O9. The number of aromatic nitrogens is 2. The van der Waals surface area contributed by atoms with Crippen LogP contribution in [0.3, 0.4) is 0 Å². The second-order valence-corrected chi connectivity index (χ2v) is 20.9. The number of pyridine rings is 2. The molecule has 6 heterocycles. The number of allylic oxidation sites excluding steroid dienone is 2. The minimum atomic E-state index is -1.96. The summed E-state index contributed by atoms with van der Waals surface area (Å²) in [6.07, 6.45) is 6.74. The Morgan fingerprint density at radius 1 is 0.987 bits per heavy atom. The van der Waals surface area contributed by atoms with E-state index in [1.807, 2.05) is 52.3 Å². The Hall–Kier alpha value is -8.05. The zero-order valence-corrected chi connectivity index (χ0v) is 44.3. The lowest BCUT2D eigenvalue weighted by atomic mass is 9.86. The number of nitrogens with zero attached hydrogens (tertiary/aromatic N) is 8. The number of anilines is 1. The van der Waals surface area contributed by atoms with Crippen LogP contribution in [0.4, 0.5) is 10.5 Å². The van der Waals surface area contributed by atoms with Crippen molar-refractivity contribution in [2.24, 2.45) is 16.6 Å². The molecule has 0 bridgehead atoms. The molecule has 3 amide bonds. The predicted molar refractivity (Wildman–Crippen MR) is 292 cm³/mol. The molecule has 4 aliphatic heterocycles. The van der Waals surface area contributed by atoms with E-state index in [4.69, 9.17) is 41.8 Å². The van der Waals surface area contributed by atoms with E-state index in [1.165, 1.54) is 4.90 Å². The number of rotatable bonds is 13. The van der Waals surface area contributed by atoms with E-state index in [-0.39, 0.29) is 71.8 Å². The Morgan fingerprint density at radius 3 is 2.42 bits per heavy atom. The third kappa shape index (κ3) is 10.7. The monoisotopic (exact) mass is 1080 g/mol. The zero-order valence-electron chi connectivity index (χ0n) is 43.6. The molecule has 4 N–H and O–H groups in total. The highest BCUT2D eigenvalue weighted by molar-refractivity contribution is 6.31. The van der Waals surface area contributed by atoms with Crippen LogP contribution in [-0.2, 0) is 44.4 Å². The van der Waals surface area contributed by atoms with E-state index in [1.54, 1.807) is 67.1 Å². The molecule has 1 saturated carbocycles. The van der Waals surface area contributed by atoms with Gasteiger partial charge in [0.1, 0.15) is 29.9 Å². The molecule has 3 fully saturated rings. The number of ether oxygens (including phenoxy) is 3. The number of fused-ring (bicyclic) bond motifs is 5. The van der Waals surface area contributed by atoms with Crippen LogP contribution < -0.4 is 31.0 Å². The van der Waals surface area contributed by atoms with Crippen molar-refractivity contribution in [1.82, 2.24) is 29.6 Å². The summed E-state index contributed by atoms with van der Waals surface area (Å²) in [5.74, 6) is 0.200. The SMILES string of the molecule is C=N/C(=C\C=C(/N)N1CCC(C(=O)N2CCN(Cc3c(OC(=O)N(C)c4ccccc4)ccc4nc5c(cc34)Cn3c-5cc4c(c3=O)COC(=O)[C@]4(O)CC)CC2)CC1)C(=O)NC1CCC(Oc2ccc(C#N)c(Cl)c2)CC1. The van der Waals surface area contributed by atoms with Crippen LogP contribution in [0.25, 0.3) is 22.3 Å². The second-order valence-electron chi connectivity index (χ2n) is 20.5. The van der Waals surface area contributed by atoms with Gasteiger partial charge in [-0.15, -0.1) is 0 Å². The Labute approximate surface area is 456 Å². The molecule has 3 aromatic carbocycles. The largest absolute Gasteiger partial charge is 0.490 e. The standard InChI is InChI=1S/C58H61ClN10O9/c1-4-58(75)45-30-49-52-37(32-69(49)55(72)44(45)34-76-56(58)73)28-42-43(50(18-16-47(42)64-52)78-57(74)65(3)39-8-6-5-7-9-39)33-66-24-26-68(27-25-66)54(71)35-20-22-67(23-21-35)51(61)19-17-48(62-2)53(70)63-38-11-14-40(15-12-38)77-41-13-10-36(31-60)46(59)29-41/h5-10,13,16-19,28-30,35,38,40,75H,2,4,11-12,14-15,20-27,32-34,61H2,1,3H3,(H,63,70)/b48-17-,51-19+/t38?,40?,58-/m0/s1. The van der Waals surface area contributed by atoms with E-state index < -0.39 is 17.7 Å². The molecule has 0 radical (unpaired) electrons. The van der Waals surface area contributed by atoms with Gasteiger partial charge in [-0.1, -0.05) is 36.7 Å². The second kappa shape index (κ2) is 22.5. The molecule has 0 spiro atoms. The fourth-order valence-corrected chi connectivity index (χ4v) is 11.4. The van der Waals surface area contributed by atoms with Crippen LogP contribution in [0, 0.1) is 17.2 Å². The number of carbonyl (C=O) groups is 4. The Balaban J connectivity index is 0.766. The normalized spacial score (nSPS) is 20.7. The van der Waals surface area contributed by atoms with E-state index in [2.05, 4.69) is 21.9 Å². The number of nitrogens with two attached hydrogens (primary N) is 1. The number of amides is 3. The number of aliphatic hydroxyl groups is 1. The number of carbonyl (C=O) groups excluding carboxylic acids is 4. The van der Waals surface area contributed by atoms with Gasteiger partial charge in [0.05, 0.1) is 51.5 Å². The Kier molecular flexibility index (Phi) is 15.4. The van der Waals surface area contributed by atoms with Gasteiger partial charge in [0.25, 0.3) is 11.5 Å². The first kappa shape index (κ1) is 53.4. The molecule has 78 heavy (non-hydrogen) atoms. The summed E-state index contributed by atoms with van der Waals surface area (Å²) in [6, 6.07) is 23.4. The molecule has 2 aromatic heterocycles. The number of para-hydroxylation sites is 1. The molecule has 1 atom stereocenters. The topological polar surface area (TPSA) is 238 Å². The third-order valence-electron chi connectivity index (χ3n) is 15.8. The number of aliphatic imine (C=N–C) groups is 1. The fraction of sp³-hybridized carbons (Fsp3) is 0.379. The van der Waals surface area contributed by atoms with Gasteiger partial charge in [-0.05, 0) is 112 Å². The van der Waals surface area contributed by atoms with Gasteiger partial charge < -0.3 is 44.7 Å². The van der Waals surface area contributed by atoms with Crippen LogP contribution in [-0.4, -0.2) is 118 Å². The fourth-order valence-electron chi connectivity index (χ4n) is 11.2. The maximum absolute atomic E-state index is 14.0. The van der Waals surface area contributed by atoms with E-state index in [9.17, 15) is 29.1 Å². The average Bonchev–Trinajstić information content (AvgIpc) is 3.94. The zero-order chi connectivity index (χ0) is 54.8. The van der Waals surface area contributed by atoms with E-state index >= 15 is 0 Å². The average molecular weight is 1080 g/mol. The predicted octanol–water partition coefficient (Wildman–Crippen LogP) is 6.49. The summed E-state index contributed by atoms with van der Waals surface area (Å²) < 4.78 is 19.1.